The first-order valence-electron chi connectivity index (χ1n) is 23.9. The Kier molecular flexibility index (Phi) is 12.6. The standard InChI is InChI=1S/C51H54Cl2N10O8/c1-49(70,44-37(52)23-54-24-38(44)53)33-4-7-39-36(20-33)45(58-57-39)31-3-9-41(55-22-31)62-26-50(27-62)28-63(29-50)47(68)30-11-15-61(16-12-30)43(66)21-51(71)13-17-60(18-14-51)34-5-6-35(32(19-34)25-64)48(69)59(2)40-8-10-42(65)56-46(40)67/h3-7,9,19-20,22-25,30,40,70-71H,8,10-18,21,26-29H2,1-2H3,(H,57,58)(H,56,65,67)/t40?,49-/m0/s1. The largest absolute Gasteiger partial charge is 0.389 e. The van der Waals surface area contributed by atoms with Gasteiger partial charge >= 0.3 is 0 Å². The molecule has 5 aromatic rings. The molecule has 5 saturated heterocycles. The van der Waals surface area contributed by atoms with Crippen molar-refractivity contribution in [2.24, 2.45) is 11.3 Å². The Morgan fingerprint density at radius 1 is 0.901 bits per heavy atom. The Labute approximate surface area is 419 Å². The first-order chi connectivity index (χ1) is 33.9. The van der Waals surface area contributed by atoms with Crippen molar-refractivity contribution in [3.8, 4) is 11.3 Å². The predicted octanol–water partition coefficient (Wildman–Crippen LogP) is 4.58. The van der Waals surface area contributed by atoms with E-state index in [0.29, 0.717) is 93.7 Å². The minimum atomic E-state index is -1.50. The fraction of sp³-hybridized carbons (Fsp3) is 0.431. The number of imide groups is 1. The van der Waals surface area contributed by atoms with E-state index in [1.54, 1.807) is 36.2 Å². The van der Waals surface area contributed by atoms with Crippen LogP contribution in [0.15, 0.2) is 67.1 Å². The Bertz CT molecular complexity index is 2930. The lowest BCUT2D eigenvalue weighted by Gasteiger charge is -2.61. The molecule has 3 aromatic heterocycles. The lowest BCUT2D eigenvalue weighted by Crippen LogP contribution is -2.73. The zero-order valence-corrected chi connectivity index (χ0v) is 40.9. The Morgan fingerprint density at radius 2 is 1.62 bits per heavy atom. The first-order valence-corrected chi connectivity index (χ1v) is 24.7. The highest BCUT2D eigenvalue weighted by Crippen LogP contribution is 2.44. The molecule has 0 radical (unpaired) electrons. The second-order valence-electron chi connectivity index (χ2n) is 20.2. The highest BCUT2D eigenvalue weighted by molar-refractivity contribution is 6.36. The number of aliphatic hydroxyl groups is 2. The number of likely N-dealkylation sites (N-methyl/N-ethyl adjacent to an activating group) is 1. The maximum atomic E-state index is 13.6. The number of hydrogen-bond donors (Lipinski definition) is 4. The number of halogens is 2. The molecule has 2 aromatic carbocycles. The molecule has 71 heavy (non-hydrogen) atoms. The number of rotatable bonds is 11. The van der Waals surface area contributed by atoms with Crippen molar-refractivity contribution < 1.29 is 39.0 Å². The number of aromatic nitrogens is 4. The van der Waals surface area contributed by atoms with Crippen LogP contribution in [0.1, 0.15) is 83.7 Å². The molecule has 5 fully saturated rings. The van der Waals surface area contributed by atoms with E-state index in [9.17, 15) is 39.0 Å². The summed E-state index contributed by atoms with van der Waals surface area (Å²) in [4.78, 5) is 94.6. The third kappa shape index (κ3) is 9.11. The van der Waals surface area contributed by atoms with Gasteiger partial charge in [0, 0.05) is 124 Å². The van der Waals surface area contributed by atoms with Gasteiger partial charge < -0.3 is 34.7 Å². The maximum absolute atomic E-state index is 13.6. The number of pyridine rings is 2. The van der Waals surface area contributed by atoms with Crippen LogP contribution in [0.25, 0.3) is 22.2 Å². The van der Waals surface area contributed by atoms with Gasteiger partial charge in [-0.05, 0) is 87.1 Å². The zero-order chi connectivity index (χ0) is 50.0. The number of carbonyl (C=O) groups excluding carboxylic acids is 6. The molecular weight excluding hydrogens is 952 g/mol. The normalized spacial score (nSPS) is 20.8. The Balaban J connectivity index is 0.668. The fourth-order valence-electron chi connectivity index (χ4n) is 11.1. The molecule has 1 unspecified atom stereocenters. The van der Waals surface area contributed by atoms with Crippen LogP contribution in [0, 0.1) is 11.3 Å². The summed E-state index contributed by atoms with van der Waals surface area (Å²) in [6, 6.07) is 13.6. The zero-order valence-electron chi connectivity index (χ0n) is 39.4. The van der Waals surface area contributed by atoms with Gasteiger partial charge in [-0.3, -0.25) is 44.2 Å². The van der Waals surface area contributed by atoms with Gasteiger partial charge in [0.15, 0.2) is 6.29 Å². The van der Waals surface area contributed by atoms with Gasteiger partial charge in [0.05, 0.1) is 33.1 Å². The van der Waals surface area contributed by atoms with E-state index < -0.39 is 29.1 Å². The third-order valence-electron chi connectivity index (χ3n) is 15.4. The number of amides is 5. The molecule has 0 saturated carbocycles. The van der Waals surface area contributed by atoms with Gasteiger partial charge in [-0.25, -0.2) is 4.98 Å². The lowest BCUT2D eigenvalue weighted by atomic mass is 9.72. The van der Waals surface area contributed by atoms with Crippen LogP contribution in [0.5, 0.6) is 0 Å². The quantitative estimate of drug-likeness (QED) is 0.105. The van der Waals surface area contributed by atoms with Gasteiger partial charge in [0.1, 0.15) is 23.2 Å². The van der Waals surface area contributed by atoms with Crippen LogP contribution in [-0.4, -0.2) is 152 Å². The number of nitrogens with zero attached hydrogens (tertiary/aromatic N) is 8. The molecule has 5 aliphatic rings. The molecule has 10 rings (SSSR count). The first kappa shape index (κ1) is 48.2. The maximum Gasteiger partial charge on any atom is 0.255 e. The van der Waals surface area contributed by atoms with Crippen molar-refractivity contribution in [2.75, 3.05) is 69.2 Å². The average molecular weight is 1010 g/mol. The number of nitrogens with one attached hydrogen (secondary N) is 2. The summed E-state index contributed by atoms with van der Waals surface area (Å²) in [6.45, 7) is 6.37. The van der Waals surface area contributed by atoms with E-state index >= 15 is 0 Å². The molecule has 4 N–H and O–H groups in total. The number of H-pyrrole nitrogens is 1. The smallest absolute Gasteiger partial charge is 0.255 e. The molecule has 20 heteroatoms. The molecule has 5 aliphatic heterocycles. The number of fused-ring (bicyclic) bond motifs is 1. The summed E-state index contributed by atoms with van der Waals surface area (Å²) in [5.41, 5.74) is 1.58. The van der Waals surface area contributed by atoms with Crippen molar-refractivity contribution >= 4 is 81.4 Å². The van der Waals surface area contributed by atoms with Crippen molar-refractivity contribution in [3.63, 3.8) is 0 Å². The van der Waals surface area contributed by atoms with Crippen LogP contribution in [0.4, 0.5) is 11.5 Å². The number of aldehydes is 1. The van der Waals surface area contributed by atoms with E-state index in [-0.39, 0.29) is 69.5 Å². The highest BCUT2D eigenvalue weighted by atomic mass is 35.5. The van der Waals surface area contributed by atoms with Crippen LogP contribution in [-0.2, 0) is 24.8 Å². The van der Waals surface area contributed by atoms with Gasteiger partial charge in [-0.1, -0.05) is 29.3 Å². The van der Waals surface area contributed by atoms with Gasteiger partial charge in [0.2, 0.25) is 23.6 Å². The molecule has 0 aliphatic carbocycles. The number of anilines is 2. The number of benzene rings is 2. The molecule has 18 nitrogen and oxygen atoms in total. The van der Waals surface area contributed by atoms with Gasteiger partial charge in [-0.15, -0.1) is 0 Å². The minimum Gasteiger partial charge on any atom is -0.389 e. The molecule has 5 amide bonds. The summed E-state index contributed by atoms with van der Waals surface area (Å²) >= 11 is 12.8. The van der Waals surface area contributed by atoms with E-state index in [2.05, 4.69) is 25.4 Å². The van der Waals surface area contributed by atoms with Crippen LogP contribution in [0.2, 0.25) is 10.0 Å². The van der Waals surface area contributed by atoms with E-state index in [1.165, 1.54) is 24.3 Å². The number of hydrogen-bond acceptors (Lipinski definition) is 13. The van der Waals surface area contributed by atoms with Crippen LogP contribution < -0.4 is 15.1 Å². The van der Waals surface area contributed by atoms with Gasteiger partial charge in [-0.2, -0.15) is 5.10 Å². The monoisotopic (exact) mass is 1000 g/mol. The highest BCUT2D eigenvalue weighted by Gasteiger charge is 2.54. The number of likely N-dealkylation sites (tertiary alicyclic amines) is 2. The summed E-state index contributed by atoms with van der Waals surface area (Å²) < 4.78 is 0. The SMILES string of the molecule is CN(C(=O)c1ccc(N2CCC(O)(CC(=O)N3CCC(C(=O)N4CC5(C4)CN(c4ccc(-c6n[nH]c7ccc([C@](C)(O)c8c(Cl)cncc8Cl)cc67)cn4)C5)CC3)CC2)cc1C=O)C1CCC(=O)NC1=O. The summed E-state index contributed by atoms with van der Waals surface area (Å²) in [6.07, 6.45) is 7.40. The molecular formula is C51H54Cl2N10O8. The minimum absolute atomic E-state index is 0.0213. The Hall–Kier alpha value is -6.47. The fourth-order valence-corrected chi connectivity index (χ4v) is 11.9. The topological polar surface area (TPSA) is 226 Å². The molecule has 8 heterocycles. The summed E-state index contributed by atoms with van der Waals surface area (Å²) in [5, 5.41) is 34.4. The van der Waals surface area contributed by atoms with Crippen molar-refractivity contribution in [1.29, 1.82) is 0 Å². The molecule has 370 valence electrons. The van der Waals surface area contributed by atoms with Crippen molar-refractivity contribution in [3.05, 3.63) is 99.4 Å². The molecule has 2 atom stereocenters. The average Bonchev–Trinajstić information content (AvgIpc) is 3.76. The molecule has 1 spiro atoms. The predicted molar refractivity (Wildman–Crippen MR) is 264 cm³/mol. The molecule has 0 bridgehead atoms. The number of aromatic amines is 1. The second kappa shape index (κ2) is 18.6. The number of carbonyl (C=O) groups is 6. The lowest BCUT2D eigenvalue weighted by molar-refractivity contribution is -0.153. The van der Waals surface area contributed by atoms with E-state index in [4.69, 9.17) is 28.2 Å². The van der Waals surface area contributed by atoms with Crippen LogP contribution in [0.3, 0.4) is 0 Å². The Morgan fingerprint density at radius 3 is 2.28 bits per heavy atom. The third-order valence-corrected chi connectivity index (χ3v) is 15.9. The second-order valence-corrected chi connectivity index (χ2v) is 21.0. The van der Waals surface area contributed by atoms with Gasteiger partial charge in [0.25, 0.3) is 5.91 Å². The van der Waals surface area contributed by atoms with Crippen molar-refractivity contribution in [2.45, 2.75) is 69.1 Å². The van der Waals surface area contributed by atoms with E-state index in [1.807, 2.05) is 40.1 Å². The van der Waals surface area contributed by atoms with E-state index in [0.717, 1.165) is 35.4 Å². The summed E-state index contributed by atoms with van der Waals surface area (Å²) in [5.74, 6) is -0.756. The van der Waals surface area contributed by atoms with Crippen LogP contribution >= 0.6 is 23.2 Å². The summed E-state index contributed by atoms with van der Waals surface area (Å²) in [7, 11) is 1.47. The number of piperidine rings is 3. The van der Waals surface area contributed by atoms with Crippen molar-refractivity contribution in [1.82, 2.24) is 40.2 Å².